The van der Waals surface area contributed by atoms with E-state index < -0.39 is 23.7 Å². The number of aliphatic hydroxyl groups is 1. The number of aliphatic hydroxyl groups excluding tert-OH is 1. The smallest absolute Gasteiger partial charge is 0.407 e. The Bertz CT molecular complexity index is 1360. The largest absolute Gasteiger partial charge is 0.465 e. The lowest BCUT2D eigenvalue weighted by Crippen LogP contribution is -2.56. The van der Waals surface area contributed by atoms with Gasteiger partial charge in [0.2, 0.25) is 0 Å². The number of methoxy groups -OCH3 is 1. The maximum atomic E-state index is 13.7. The molecule has 2 fully saturated rings. The number of β-amino-alcohol motifs (C(OH)–C–C–N with tert-alkyl or cyclic N) is 1. The van der Waals surface area contributed by atoms with E-state index in [1.807, 2.05) is 49.1 Å². The van der Waals surface area contributed by atoms with Crippen LogP contribution in [0.15, 0.2) is 42.5 Å². The number of benzene rings is 2. The molecule has 3 amide bonds. The monoisotopic (exact) mass is 561 g/mol. The van der Waals surface area contributed by atoms with Gasteiger partial charge < -0.3 is 24.7 Å². The maximum Gasteiger partial charge on any atom is 0.407 e. The number of rotatable bonds is 5. The average Bonchev–Trinajstić information content (AvgIpc) is 3.22. The second kappa shape index (κ2) is 10.4. The van der Waals surface area contributed by atoms with Crippen molar-refractivity contribution in [2.75, 3.05) is 20.2 Å². The summed E-state index contributed by atoms with van der Waals surface area (Å²) in [6.45, 7) is 4.67. The van der Waals surface area contributed by atoms with Crippen molar-refractivity contribution in [1.29, 1.82) is 0 Å². The van der Waals surface area contributed by atoms with Crippen LogP contribution in [0.3, 0.4) is 0 Å². The van der Waals surface area contributed by atoms with Gasteiger partial charge in [0, 0.05) is 55.4 Å². The Morgan fingerprint density at radius 2 is 1.76 bits per heavy atom. The van der Waals surface area contributed by atoms with E-state index in [1.54, 1.807) is 24.1 Å². The molecule has 4 heterocycles. The Morgan fingerprint density at radius 1 is 1.07 bits per heavy atom. The highest BCUT2D eigenvalue weighted by Gasteiger charge is 2.45. The van der Waals surface area contributed by atoms with Gasteiger partial charge in [-0.05, 0) is 67.0 Å². The van der Waals surface area contributed by atoms with Gasteiger partial charge >= 0.3 is 6.09 Å². The zero-order valence-corrected chi connectivity index (χ0v) is 24.0. The second-order valence-corrected chi connectivity index (χ2v) is 12.8. The third-order valence-corrected chi connectivity index (χ3v) is 9.74. The summed E-state index contributed by atoms with van der Waals surface area (Å²) in [4.78, 5) is 44.4. The van der Waals surface area contributed by atoms with Crippen molar-refractivity contribution in [3.63, 3.8) is 0 Å². The number of nitrogens with zero attached hydrogens (tertiary/aromatic N) is 3. The SMILES string of the molecule is COC1CC2CC[C@@H](C1)N2C(=O)c1ccc2c(c1)C(C)(C)CN(C[C@H](O)C1Cc3ccccc3CN1C(=O)O)C2=O. The minimum atomic E-state index is -1.09. The quantitative estimate of drug-likeness (QED) is 0.577. The molecule has 0 saturated carbocycles. The molecular weight excluding hydrogens is 522 g/mol. The third kappa shape index (κ3) is 4.89. The number of piperidine rings is 1. The third-order valence-electron chi connectivity index (χ3n) is 9.74. The molecule has 2 saturated heterocycles. The van der Waals surface area contributed by atoms with Crippen molar-refractivity contribution in [3.8, 4) is 0 Å². The van der Waals surface area contributed by atoms with Crippen molar-refractivity contribution in [2.24, 2.45) is 0 Å². The Kier molecular flexibility index (Phi) is 7.06. The average molecular weight is 562 g/mol. The minimum absolute atomic E-state index is 0.0160. The van der Waals surface area contributed by atoms with E-state index in [9.17, 15) is 24.6 Å². The molecule has 6 rings (SSSR count). The Hall–Kier alpha value is -3.43. The van der Waals surface area contributed by atoms with Crippen LogP contribution >= 0.6 is 0 Å². The van der Waals surface area contributed by atoms with E-state index in [0.717, 1.165) is 42.4 Å². The first-order chi connectivity index (χ1) is 19.6. The number of carboxylic acid groups (broad SMARTS) is 1. The lowest BCUT2D eigenvalue weighted by molar-refractivity contribution is 0.00808. The summed E-state index contributed by atoms with van der Waals surface area (Å²) in [7, 11) is 1.74. The molecule has 2 bridgehead atoms. The highest BCUT2D eigenvalue weighted by atomic mass is 16.5. The minimum Gasteiger partial charge on any atom is -0.465 e. The number of hydrogen-bond donors (Lipinski definition) is 2. The Labute approximate surface area is 240 Å². The Morgan fingerprint density at radius 3 is 2.41 bits per heavy atom. The fourth-order valence-corrected chi connectivity index (χ4v) is 7.62. The fourth-order valence-electron chi connectivity index (χ4n) is 7.62. The highest BCUT2D eigenvalue weighted by Crippen LogP contribution is 2.39. The fraction of sp³-hybridized carbons (Fsp3) is 0.531. The van der Waals surface area contributed by atoms with Crippen LogP contribution in [0.5, 0.6) is 0 Å². The summed E-state index contributed by atoms with van der Waals surface area (Å²) < 4.78 is 5.60. The molecule has 0 spiro atoms. The van der Waals surface area contributed by atoms with Gasteiger partial charge in [-0.1, -0.05) is 38.1 Å². The maximum absolute atomic E-state index is 13.7. The molecule has 2 aromatic rings. The normalized spacial score (nSPS) is 27.3. The lowest BCUT2D eigenvalue weighted by atomic mass is 9.77. The lowest BCUT2D eigenvalue weighted by Gasteiger charge is -2.43. The summed E-state index contributed by atoms with van der Waals surface area (Å²) >= 11 is 0. The van der Waals surface area contributed by atoms with Gasteiger partial charge in [-0.2, -0.15) is 0 Å². The molecule has 2 N–H and O–H groups in total. The summed E-state index contributed by atoms with van der Waals surface area (Å²) in [6.07, 6.45) is 2.16. The first-order valence-corrected chi connectivity index (χ1v) is 14.6. The molecule has 4 aliphatic rings. The molecule has 0 aliphatic carbocycles. The molecule has 3 unspecified atom stereocenters. The van der Waals surface area contributed by atoms with Crippen molar-refractivity contribution >= 4 is 17.9 Å². The van der Waals surface area contributed by atoms with Crippen molar-refractivity contribution < 1.29 is 29.3 Å². The summed E-state index contributed by atoms with van der Waals surface area (Å²) in [5, 5.41) is 21.2. The van der Waals surface area contributed by atoms with Crippen molar-refractivity contribution in [3.05, 3.63) is 70.3 Å². The molecule has 9 heteroatoms. The van der Waals surface area contributed by atoms with E-state index >= 15 is 0 Å². The molecule has 0 radical (unpaired) electrons. The predicted molar refractivity (Wildman–Crippen MR) is 152 cm³/mol. The van der Waals surface area contributed by atoms with Crippen LogP contribution in [0.1, 0.15) is 76.9 Å². The molecule has 5 atom stereocenters. The topological polar surface area (TPSA) is 111 Å². The van der Waals surface area contributed by atoms with Gasteiger partial charge in [0.25, 0.3) is 11.8 Å². The predicted octanol–water partition coefficient (Wildman–Crippen LogP) is 3.67. The Balaban J connectivity index is 1.21. The zero-order valence-electron chi connectivity index (χ0n) is 24.0. The molecular formula is C32H39N3O6. The number of carbonyl (C=O) groups is 3. The van der Waals surface area contributed by atoms with Crippen LogP contribution in [-0.2, 0) is 23.1 Å². The summed E-state index contributed by atoms with van der Waals surface area (Å²) in [5.41, 5.74) is 3.44. The van der Waals surface area contributed by atoms with Gasteiger partial charge in [-0.25, -0.2) is 4.79 Å². The van der Waals surface area contributed by atoms with Gasteiger partial charge in [0.1, 0.15) is 0 Å². The van der Waals surface area contributed by atoms with E-state index in [0.29, 0.717) is 24.1 Å². The number of ether oxygens (including phenoxy) is 1. The first kappa shape index (κ1) is 27.7. The van der Waals surface area contributed by atoms with Gasteiger partial charge in [0.15, 0.2) is 0 Å². The van der Waals surface area contributed by atoms with Crippen LogP contribution < -0.4 is 0 Å². The highest BCUT2D eigenvalue weighted by molar-refractivity contribution is 6.00. The molecule has 0 aromatic heterocycles. The van der Waals surface area contributed by atoms with Crippen LogP contribution in [0.25, 0.3) is 0 Å². The number of fused-ring (bicyclic) bond motifs is 4. The van der Waals surface area contributed by atoms with E-state index in [-0.39, 0.29) is 43.1 Å². The summed E-state index contributed by atoms with van der Waals surface area (Å²) in [6, 6.07) is 12.8. The molecule has 218 valence electrons. The molecule has 2 aromatic carbocycles. The van der Waals surface area contributed by atoms with Crippen LogP contribution in [0.4, 0.5) is 4.79 Å². The van der Waals surface area contributed by atoms with Crippen molar-refractivity contribution in [2.45, 2.75) is 88.2 Å². The van der Waals surface area contributed by atoms with E-state index in [2.05, 4.69) is 0 Å². The molecule has 4 aliphatic heterocycles. The summed E-state index contributed by atoms with van der Waals surface area (Å²) in [5.74, 6) is -0.196. The van der Waals surface area contributed by atoms with E-state index in [1.165, 1.54) is 4.90 Å². The number of hydrogen-bond acceptors (Lipinski definition) is 5. The van der Waals surface area contributed by atoms with Crippen LogP contribution in [-0.4, -0.2) is 93.4 Å². The second-order valence-electron chi connectivity index (χ2n) is 12.8. The van der Waals surface area contributed by atoms with Crippen molar-refractivity contribution in [1.82, 2.24) is 14.7 Å². The molecule has 41 heavy (non-hydrogen) atoms. The van der Waals surface area contributed by atoms with Crippen LogP contribution in [0.2, 0.25) is 0 Å². The number of amides is 3. The first-order valence-electron chi connectivity index (χ1n) is 14.6. The van der Waals surface area contributed by atoms with Gasteiger partial charge in [0.05, 0.1) is 18.2 Å². The van der Waals surface area contributed by atoms with Gasteiger partial charge in [-0.15, -0.1) is 0 Å². The molecule has 9 nitrogen and oxygen atoms in total. The standard InChI is InChI=1S/C32H39N3O6/c1-32(2)18-33(17-28(36)27-13-19-6-4-5-7-21(19)16-34(27)31(39)40)30(38)25-11-8-20(12-26(25)32)29(37)35-22-9-10-23(35)15-24(14-22)41-3/h4-8,11-12,22-24,27-28,36H,9-10,13-18H2,1-3H3,(H,39,40)/t22-,23?,24?,27?,28-/m0/s1. The zero-order chi connectivity index (χ0) is 29.1. The number of carbonyl (C=O) groups excluding carboxylic acids is 2. The van der Waals surface area contributed by atoms with E-state index in [4.69, 9.17) is 4.74 Å². The van der Waals surface area contributed by atoms with Crippen LogP contribution in [0, 0.1) is 0 Å². The van der Waals surface area contributed by atoms with Gasteiger partial charge in [-0.3, -0.25) is 14.5 Å².